The predicted molar refractivity (Wildman–Crippen MR) is 35.6 cm³/mol. The first-order valence-electron chi connectivity index (χ1n) is 2.12. The van der Waals surface area contributed by atoms with Crippen LogP contribution in [0.1, 0.15) is 6.92 Å². The summed E-state index contributed by atoms with van der Waals surface area (Å²) in [4.78, 5) is 2.24. The number of hydrogen-bond donors (Lipinski definition) is 0. The molecule has 0 aliphatic heterocycles. The molecule has 0 radical (unpaired) electrons. The van der Waals surface area contributed by atoms with Crippen molar-refractivity contribution in [1.82, 2.24) is 0 Å². The molecule has 0 unspecified atom stereocenters. The molecule has 0 aliphatic rings. The third-order valence-electron chi connectivity index (χ3n) is 0.489. The van der Waals surface area contributed by atoms with Crippen LogP contribution in [0.5, 0.6) is 0 Å². The first-order chi connectivity index (χ1) is 3.27. The van der Waals surface area contributed by atoms with Crippen molar-refractivity contribution in [2.24, 2.45) is 0 Å². The molecule has 0 aromatic carbocycles. The second kappa shape index (κ2) is 4.43. The van der Waals surface area contributed by atoms with Gasteiger partial charge in [-0.15, -0.1) is 0 Å². The first kappa shape index (κ1) is 7.27. The van der Waals surface area contributed by atoms with Crippen LogP contribution < -0.4 is 0 Å². The molecular weight excluding hydrogens is 200 g/mol. The average molecular weight is 210 g/mol. The van der Waals surface area contributed by atoms with E-state index in [1.807, 2.05) is 6.92 Å². The van der Waals surface area contributed by atoms with E-state index >= 15 is 0 Å². The summed E-state index contributed by atoms with van der Waals surface area (Å²) in [5.74, 6) is 0. The van der Waals surface area contributed by atoms with Crippen LogP contribution in [0.25, 0.3) is 0 Å². The van der Waals surface area contributed by atoms with E-state index in [9.17, 15) is 0 Å². The maximum absolute atomic E-state index is 3.73. The van der Waals surface area contributed by atoms with Crippen LogP contribution >= 0.6 is 0 Å². The zero-order valence-corrected chi connectivity index (χ0v) is 7.10. The van der Waals surface area contributed by atoms with E-state index in [0.29, 0.717) is 0 Å². The Morgan fingerprint density at radius 3 is 2.43 bits per heavy atom. The summed E-state index contributed by atoms with van der Waals surface area (Å²) >= 11 is 0.192. The molecule has 0 nitrogen and oxygen atoms in total. The summed E-state index contributed by atoms with van der Waals surface area (Å²) < 4.78 is 2.23. The normalized spacial score (nSPS) is 10.0. The molecule has 0 N–H and O–H groups in total. The van der Waals surface area contributed by atoms with Crippen molar-refractivity contribution in [3.8, 4) is 0 Å². The van der Waals surface area contributed by atoms with Gasteiger partial charge in [-0.05, 0) is 0 Å². The van der Waals surface area contributed by atoms with Crippen LogP contribution in [-0.2, 0) is 0 Å². The Morgan fingerprint density at radius 2 is 2.29 bits per heavy atom. The van der Waals surface area contributed by atoms with E-state index in [-0.39, 0.29) is 20.9 Å². The Balaban J connectivity index is 3.26. The third kappa shape index (κ3) is 6.27. The Labute approximate surface area is 55.4 Å². The van der Waals surface area contributed by atoms with E-state index in [2.05, 4.69) is 21.8 Å². The van der Waals surface area contributed by atoms with Crippen LogP contribution in [0.3, 0.4) is 0 Å². The fraction of sp³-hybridized carbons (Fsp3) is 0.333. The first-order valence-corrected chi connectivity index (χ1v) is 5.80. The zero-order valence-electron chi connectivity index (χ0n) is 4.77. The molecular formula is C6H10Te. The standard InChI is InChI=1S/C6H10Te/c1-6(2)4-5-7-3/h4-5H,1H2,2-3H3/b5-4-. The SMILES string of the molecule is C=C(C)/C=C\[Te]C. The minimum absolute atomic E-state index is 0.192. The monoisotopic (exact) mass is 212 g/mol. The van der Waals surface area contributed by atoms with E-state index in [4.69, 9.17) is 0 Å². The summed E-state index contributed by atoms with van der Waals surface area (Å²) in [5.41, 5.74) is 1.16. The van der Waals surface area contributed by atoms with Gasteiger partial charge in [-0.1, -0.05) is 0 Å². The molecule has 0 amide bonds. The molecule has 0 saturated heterocycles. The Morgan fingerprint density at radius 1 is 1.71 bits per heavy atom. The summed E-state index contributed by atoms with van der Waals surface area (Å²) in [6.45, 7) is 5.74. The van der Waals surface area contributed by atoms with E-state index < -0.39 is 0 Å². The summed E-state index contributed by atoms with van der Waals surface area (Å²) in [7, 11) is 0. The maximum atomic E-state index is 3.73. The van der Waals surface area contributed by atoms with Gasteiger partial charge in [0.1, 0.15) is 0 Å². The topological polar surface area (TPSA) is 0 Å². The second-order valence-corrected chi connectivity index (χ2v) is 3.51. The zero-order chi connectivity index (χ0) is 5.70. The molecule has 0 atom stereocenters. The van der Waals surface area contributed by atoms with Crippen LogP contribution in [0.4, 0.5) is 0 Å². The number of hydrogen-bond acceptors (Lipinski definition) is 0. The average Bonchev–Trinajstić information content (AvgIpc) is 1.61. The Bertz CT molecular complexity index is 82.2. The van der Waals surface area contributed by atoms with Gasteiger partial charge in [0.05, 0.1) is 0 Å². The van der Waals surface area contributed by atoms with E-state index in [1.165, 1.54) is 0 Å². The van der Waals surface area contributed by atoms with Gasteiger partial charge in [0.25, 0.3) is 0 Å². The van der Waals surface area contributed by atoms with Crippen LogP contribution in [-0.4, -0.2) is 20.9 Å². The summed E-state index contributed by atoms with van der Waals surface area (Å²) in [6, 6.07) is 0. The molecule has 0 aromatic rings. The van der Waals surface area contributed by atoms with Gasteiger partial charge in [0, 0.05) is 0 Å². The molecule has 0 spiro atoms. The van der Waals surface area contributed by atoms with Crippen molar-refractivity contribution in [1.29, 1.82) is 0 Å². The molecule has 40 valence electrons. The summed E-state index contributed by atoms with van der Waals surface area (Å²) in [6.07, 6.45) is 2.09. The summed E-state index contributed by atoms with van der Waals surface area (Å²) in [5, 5.41) is 0. The van der Waals surface area contributed by atoms with Gasteiger partial charge < -0.3 is 0 Å². The fourth-order valence-electron chi connectivity index (χ4n) is 0.184. The molecule has 0 aromatic heterocycles. The van der Waals surface area contributed by atoms with Gasteiger partial charge in [0.2, 0.25) is 0 Å². The Hall–Kier alpha value is 0.270. The Kier molecular flexibility index (Phi) is 4.60. The van der Waals surface area contributed by atoms with Crippen LogP contribution in [0.15, 0.2) is 22.4 Å². The van der Waals surface area contributed by atoms with Crippen LogP contribution in [0.2, 0.25) is 4.97 Å². The van der Waals surface area contributed by atoms with Gasteiger partial charge in [-0.25, -0.2) is 0 Å². The molecule has 0 aliphatic carbocycles. The van der Waals surface area contributed by atoms with Gasteiger partial charge in [-0.3, -0.25) is 0 Å². The van der Waals surface area contributed by atoms with Gasteiger partial charge in [0.15, 0.2) is 0 Å². The van der Waals surface area contributed by atoms with E-state index in [1.54, 1.807) is 0 Å². The van der Waals surface area contributed by atoms with Gasteiger partial charge >= 0.3 is 55.2 Å². The quantitative estimate of drug-likeness (QED) is 0.481. The number of rotatable bonds is 2. The second-order valence-electron chi connectivity index (χ2n) is 1.38. The molecule has 0 fully saturated rings. The molecule has 0 saturated carbocycles. The van der Waals surface area contributed by atoms with Crippen molar-refractivity contribution in [2.45, 2.75) is 11.9 Å². The fourth-order valence-corrected chi connectivity index (χ4v) is 1.24. The third-order valence-corrected chi connectivity index (χ3v) is 1.65. The van der Waals surface area contributed by atoms with Crippen LogP contribution in [0, 0.1) is 0 Å². The van der Waals surface area contributed by atoms with Crippen molar-refractivity contribution in [3.63, 3.8) is 0 Å². The van der Waals surface area contributed by atoms with Crippen molar-refractivity contribution >= 4 is 20.9 Å². The van der Waals surface area contributed by atoms with Crippen molar-refractivity contribution < 1.29 is 0 Å². The minimum atomic E-state index is 0.192. The number of allylic oxidation sites excluding steroid dienone is 2. The molecule has 7 heavy (non-hydrogen) atoms. The van der Waals surface area contributed by atoms with Crippen molar-refractivity contribution in [2.75, 3.05) is 0 Å². The van der Waals surface area contributed by atoms with Gasteiger partial charge in [-0.2, -0.15) is 0 Å². The molecule has 1 heteroatoms. The predicted octanol–water partition coefficient (Wildman–Crippen LogP) is 1.83. The molecule has 0 rings (SSSR count). The molecule has 0 bridgehead atoms. The molecule has 0 heterocycles. The van der Waals surface area contributed by atoms with Crippen molar-refractivity contribution in [3.05, 3.63) is 22.4 Å². The van der Waals surface area contributed by atoms with E-state index in [0.717, 1.165) is 5.57 Å².